The number of aryl methyl sites for hydroxylation is 3. The average molecular weight is 1680 g/mol. The Morgan fingerprint density at radius 1 is 0.308 bits per heavy atom. The number of aromatic nitrogens is 3. The van der Waals surface area contributed by atoms with Crippen LogP contribution in [0.1, 0.15) is 126 Å². The highest BCUT2D eigenvalue weighted by molar-refractivity contribution is 6.31. The maximum Gasteiger partial charge on any atom is 0.419 e. The average Bonchev–Trinajstić information content (AvgIpc) is 0.679. The number of benzene rings is 9. The third-order valence-corrected chi connectivity index (χ3v) is 19.0. The van der Waals surface area contributed by atoms with Crippen molar-refractivity contribution in [2.75, 3.05) is 0 Å². The minimum Gasteiger partial charge on any atom is -0.337 e. The van der Waals surface area contributed by atoms with Gasteiger partial charge >= 0.3 is 30.9 Å². The number of hydrogen-bond donors (Lipinski definition) is 3. The summed E-state index contributed by atoms with van der Waals surface area (Å²) in [5.74, 6) is -9.73. The summed E-state index contributed by atoms with van der Waals surface area (Å²) in [6, 6.07) is 49.1. The summed E-state index contributed by atoms with van der Waals surface area (Å²) >= 11 is 11.9. The van der Waals surface area contributed by atoms with Gasteiger partial charge in [-0.3, -0.25) is 29.3 Å². The minimum atomic E-state index is -5.09. The molecule has 0 saturated heterocycles. The van der Waals surface area contributed by atoms with Gasteiger partial charge in [-0.2, -0.15) is 65.9 Å². The van der Waals surface area contributed by atoms with Crippen molar-refractivity contribution in [2.24, 2.45) is 0 Å². The number of carbonyl (C=O) groups is 3. The van der Waals surface area contributed by atoms with Crippen LogP contribution >= 0.6 is 23.2 Å². The first kappa shape index (κ1) is 87.4. The van der Waals surface area contributed by atoms with Gasteiger partial charge in [0.25, 0.3) is 17.7 Å². The Hall–Kier alpha value is -12.0. The summed E-state index contributed by atoms with van der Waals surface area (Å²) in [4.78, 5) is 53.6. The highest BCUT2D eigenvalue weighted by atomic mass is 35.5. The Balaban J connectivity index is 0.000000185. The van der Waals surface area contributed by atoms with E-state index >= 15 is 0 Å². The van der Waals surface area contributed by atoms with Crippen molar-refractivity contribution in [3.63, 3.8) is 0 Å². The molecule has 0 aliphatic rings. The second-order valence-electron chi connectivity index (χ2n) is 26.9. The van der Waals surface area contributed by atoms with Gasteiger partial charge < -0.3 is 16.0 Å². The van der Waals surface area contributed by atoms with Crippen LogP contribution in [0.2, 0.25) is 10.0 Å². The molecule has 117 heavy (non-hydrogen) atoms. The van der Waals surface area contributed by atoms with E-state index < -0.39 is 144 Å². The fourth-order valence-electron chi connectivity index (χ4n) is 12.8. The number of pyridine rings is 3. The van der Waals surface area contributed by atoms with Crippen LogP contribution in [0.3, 0.4) is 0 Å². The molecule has 3 unspecified atom stereocenters. The van der Waals surface area contributed by atoms with Crippen molar-refractivity contribution < 1.29 is 102 Å². The van der Waals surface area contributed by atoms with Gasteiger partial charge in [0.15, 0.2) is 0 Å². The topological polar surface area (TPSA) is 126 Å². The summed E-state index contributed by atoms with van der Waals surface area (Å²) < 4.78 is 274. The van der Waals surface area contributed by atoms with Crippen molar-refractivity contribution in [2.45, 2.75) is 87.5 Å². The van der Waals surface area contributed by atoms with Crippen molar-refractivity contribution in [3.05, 3.63) is 406 Å². The molecule has 0 aliphatic heterocycles. The lowest BCUT2D eigenvalue weighted by atomic mass is 9.79. The van der Waals surface area contributed by atoms with E-state index in [1.807, 2.05) is 0 Å². The van der Waals surface area contributed by atoms with E-state index in [1.54, 1.807) is 123 Å². The molecule has 9 aromatic carbocycles. The predicted octanol–water partition coefficient (Wildman–Crippen LogP) is 23.0. The number of nitrogens with one attached hydrogen (secondary N) is 3. The first-order valence-electron chi connectivity index (χ1n) is 34.6. The molecule has 3 amide bonds. The zero-order chi connectivity index (χ0) is 85.4. The van der Waals surface area contributed by atoms with Gasteiger partial charge in [-0.1, -0.05) is 144 Å². The normalized spacial score (nSPS) is 13.4. The van der Waals surface area contributed by atoms with E-state index in [0.717, 1.165) is 60.2 Å². The predicted molar refractivity (Wildman–Crippen MR) is 396 cm³/mol. The van der Waals surface area contributed by atoms with E-state index in [-0.39, 0.29) is 63.6 Å². The van der Waals surface area contributed by atoms with Crippen molar-refractivity contribution in [3.8, 4) is 0 Å². The lowest BCUT2D eigenvalue weighted by molar-refractivity contribution is -0.140. The number of halogens is 22. The van der Waals surface area contributed by atoms with Crippen LogP contribution in [0.25, 0.3) is 0 Å². The molecule has 3 heterocycles. The van der Waals surface area contributed by atoms with Crippen LogP contribution in [0.4, 0.5) is 87.8 Å². The maximum absolute atomic E-state index is 14.4. The Morgan fingerprint density at radius 2 is 0.641 bits per heavy atom. The molecule has 31 heteroatoms. The summed E-state index contributed by atoms with van der Waals surface area (Å²) in [6.07, 6.45) is -20.9. The minimum absolute atomic E-state index is 0.0169. The molecule has 0 fully saturated rings. The number of carbonyl (C=O) groups excluding carboxylic acids is 3. The Morgan fingerprint density at radius 3 is 0.966 bits per heavy atom. The summed E-state index contributed by atoms with van der Waals surface area (Å²) in [7, 11) is 0. The maximum atomic E-state index is 14.4. The number of hydrogen-bond acceptors (Lipinski definition) is 6. The van der Waals surface area contributed by atoms with Crippen molar-refractivity contribution in [1.82, 2.24) is 30.9 Å². The van der Waals surface area contributed by atoms with E-state index in [9.17, 15) is 102 Å². The smallest absolute Gasteiger partial charge is 0.337 e. The molecule has 3 N–H and O–H groups in total. The monoisotopic (exact) mass is 1670 g/mol. The first-order valence-corrected chi connectivity index (χ1v) is 35.3. The molecule has 3 aromatic heterocycles. The van der Waals surface area contributed by atoms with Gasteiger partial charge in [0.2, 0.25) is 0 Å². The highest BCUT2D eigenvalue weighted by Gasteiger charge is 2.46. The van der Waals surface area contributed by atoms with Crippen LogP contribution in [0.5, 0.6) is 0 Å². The van der Waals surface area contributed by atoms with Gasteiger partial charge in [0, 0.05) is 60.6 Å². The zero-order valence-electron chi connectivity index (χ0n) is 60.8. The standard InChI is InChI=1S/2C29H20ClF7N2O.C28H20F6N2O/c1-17-7-12-25(38-16-17)27(15-18-5-3-2-4-6-18,20-9-10-23(30)21(14-20)28(32,33)34)39-26(40)19-8-11-24(31)22(13-19)29(35,36)37;1-17-11-20(14-21(12-17)28(32,33)34)27(15-18-5-3-2-4-6-18,25-10-8-22(30)16-38-25)39-26(40)19-7-9-24(31)23(13-19)29(35,36)37;1-17-7-10-25(35-16-17)27(15-18-5-3-2-4-6-18,20-12-21(29)14-22(30)13-20)36-26(37)19-8-9-24(31)23(11-19)28(32,33)34/h2*2-14,16H,15H2,1H3,(H,39,40);2-14,16H,15H2,1H3,(H,36,37). The fourth-order valence-corrected chi connectivity index (χ4v) is 13.1. The molecule has 0 radical (unpaired) electrons. The van der Waals surface area contributed by atoms with Crippen molar-refractivity contribution >= 4 is 40.9 Å². The van der Waals surface area contributed by atoms with E-state index in [1.165, 1.54) is 55.8 Å². The molecule has 3 atom stereocenters. The molecule has 12 aromatic rings. The summed E-state index contributed by atoms with van der Waals surface area (Å²) in [6.45, 7) is 4.95. The molecular weight excluding hydrogens is 1620 g/mol. The van der Waals surface area contributed by atoms with Crippen molar-refractivity contribution in [1.29, 1.82) is 0 Å². The van der Waals surface area contributed by atoms with Gasteiger partial charge in [0.05, 0.1) is 54.9 Å². The van der Waals surface area contributed by atoms with E-state index in [2.05, 4.69) is 30.9 Å². The molecule has 0 aliphatic carbocycles. The van der Waals surface area contributed by atoms with E-state index in [4.69, 9.17) is 23.2 Å². The molecule has 0 saturated carbocycles. The van der Waals surface area contributed by atoms with Crippen LogP contribution in [-0.2, 0) is 66.8 Å². The summed E-state index contributed by atoms with van der Waals surface area (Å²) in [5, 5.41) is 7.59. The number of alkyl halides is 15. The van der Waals surface area contributed by atoms with Crippen LogP contribution in [-0.4, -0.2) is 32.7 Å². The second-order valence-corrected chi connectivity index (χ2v) is 27.7. The molecule has 0 spiro atoms. The number of rotatable bonds is 18. The Labute approximate surface area is 664 Å². The van der Waals surface area contributed by atoms with Gasteiger partial charge in [-0.25, -0.2) is 22.0 Å². The molecule has 12 rings (SSSR count). The van der Waals surface area contributed by atoms with Crippen LogP contribution in [0, 0.1) is 49.9 Å². The Kier molecular flexibility index (Phi) is 26.3. The fraction of sp³-hybridized carbons (Fsp3) is 0.163. The van der Waals surface area contributed by atoms with Gasteiger partial charge in [0.1, 0.15) is 45.7 Å². The van der Waals surface area contributed by atoms with Crippen LogP contribution in [0.15, 0.2) is 255 Å². The first-order chi connectivity index (χ1) is 54.9. The summed E-state index contributed by atoms with van der Waals surface area (Å²) in [5.41, 5.74) is -10.3. The highest BCUT2D eigenvalue weighted by Crippen LogP contribution is 2.44. The quantitative estimate of drug-likeness (QED) is 0.0735. The van der Waals surface area contributed by atoms with Gasteiger partial charge in [-0.05, 0) is 181 Å². The lowest BCUT2D eigenvalue weighted by Crippen LogP contribution is -2.49. The molecular formula is C86H60Cl2F20N6O3. The molecule has 606 valence electrons. The number of amides is 3. The van der Waals surface area contributed by atoms with Crippen LogP contribution < -0.4 is 16.0 Å². The third kappa shape index (κ3) is 21.2. The lowest BCUT2D eigenvalue weighted by Gasteiger charge is -2.36. The number of nitrogens with zero attached hydrogens (tertiary/aromatic N) is 3. The van der Waals surface area contributed by atoms with E-state index in [0.29, 0.717) is 64.7 Å². The Bertz CT molecular complexity index is 5530. The largest absolute Gasteiger partial charge is 0.419 e. The second kappa shape index (κ2) is 35.2. The third-order valence-electron chi connectivity index (χ3n) is 18.4. The molecule has 9 nitrogen and oxygen atoms in total. The SMILES string of the molecule is Cc1cc(C(F)(F)F)cc(C(Cc2ccccc2)(NC(=O)c2ccc(F)c(C(F)(F)F)c2)c2ccc(Cl)cn2)c1.Cc1ccc(C(Cc2ccccc2)(NC(=O)c2ccc(F)c(C(F)(F)F)c2)c2cc(F)cc(F)c2)nc1.Cc1ccc(C(Cc2ccccc2)(NC(=O)c2ccc(F)c(C(F)(F)F)c2)c2ccc(Cl)c(C(F)(F)F)c2)nc1. The zero-order valence-corrected chi connectivity index (χ0v) is 62.3. The molecule has 0 bridgehead atoms. The van der Waals surface area contributed by atoms with Gasteiger partial charge in [-0.15, -0.1) is 0 Å².